The number of benzene rings is 2. The number of aryl methyl sites for hydroxylation is 1. The minimum absolute atomic E-state index is 0.0394. The van der Waals surface area contributed by atoms with Gasteiger partial charge in [-0.3, -0.25) is 19.5 Å². The molecule has 4 heterocycles. The molecule has 2 aliphatic heterocycles. The quantitative estimate of drug-likeness (QED) is 0.328. The SMILES string of the molecule is Cc1cccnc1CN1CCC2(CC1)C(=O)N(c1ccc(-c3ccc(CC(=O)O)cc3)cc1)C(=O)N2c1ncccn1. The van der Waals surface area contributed by atoms with E-state index in [1.54, 1.807) is 48.9 Å². The third-order valence-corrected chi connectivity index (χ3v) is 8.11. The van der Waals surface area contributed by atoms with Crippen LogP contribution in [-0.4, -0.2) is 61.5 Å². The molecule has 0 bridgehead atoms. The maximum absolute atomic E-state index is 14.2. The predicted molar refractivity (Wildman–Crippen MR) is 157 cm³/mol. The highest BCUT2D eigenvalue weighted by molar-refractivity contribution is 6.30. The Morgan fingerprint density at radius 1 is 0.857 bits per heavy atom. The molecule has 0 atom stereocenters. The molecule has 0 radical (unpaired) electrons. The number of rotatable bonds is 7. The Kier molecular flexibility index (Phi) is 7.22. The van der Waals surface area contributed by atoms with Gasteiger partial charge in [0.05, 0.1) is 17.8 Å². The number of nitrogens with zero attached hydrogens (tertiary/aromatic N) is 6. The molecule has 42 heavy (non-hydrogen) atoms. The van der Waals surface area contributed by atoms with Gasteiger partial charge in [0.25, 0.3) is 5.91 Å². The highest BCUT2D eigenvalue weighted by Gasteiger charge is 2.60. The number of hydrogen-bond acceptors (Lipinski definition) is 7. The Balaban J connectivity index is 1.26. The summed E-state index contributed by atoms with van der Waals surface area (Å²) in [6.07, 6.45) is 5.79. The Labute approximate surface area is 243 Å². The van der Waals surface area contributed by atoms with E-state index in [1.807, 2.05) is 43.3 Å². The summed E-state index contributed by atoms with van der Waals surface area (Å²) in [5, 5.41) is 9.02. The Morgan fingerprint density at radius 2 is 1.48 bits per heavy atom. The lowest BCUT2D eigenvalue weighted by atomic mass is 9.85. The number of piperidine rings is 1. The lowest BCUT2D eigenvalue weighted by Gasteiger charge is -2.41. The number of hydrogen-bond donors (Lipinski definition) is 1. The Morgan fingerprint density at radius 3 is 2.10 bits per heavy atom. The van der Waals surface area contributed by atoms with E-state index in [4.69, 9.17) is 5.11 Å². The van der Waals surface area contributed by atoms with Gasteiger partial charge in [-0.15, -0.1) is 0 Å². The van der Waals surface area contributed by atoms with Crippen LogP contribution in [0.25, 0.3) is 11.1 Å². The minimum Gasteiger partial charge on any atom is -0.481 e. The number of anilines is 2. The van der Waals surface area contributed by atoms with Crippen LogP contribution in [-0.2, 0) is 22.6 Å². The second-order valence-electron chi connectivity index (χ2n) is 10.7. The van der Waals surface area contributed by atoms with Crippen LogP contribution in [0.4, 0.5) is 16.4 Å². The minimum atomic E-state index is -1.09. The van der Waals surface area contributed by atoms with E-state index in [-0.39, 0.29) is 18.3 Å². The Hall–Kier alpha value is -4.96. The molecule has 4 aromatic rings. The van der Waals surface area contributed by atoms with Crippen LogP contribution in [0.15, 0.2) is 85.3 Å². The van der Waals surface area contributed by atoms with Crippen molar-refractivity contribution < 1.29 is 19.5 Å². The van der Waals surface area contributed by atoms with Gasteiger partial charge in [0, 0.05) is 38.2 Å². The maximum atomic E-state index is 14.2. The Bertz CT molecular complexity index is 1620. The first kappa shape index (κ1) is 27.2. The van der Waals surface area contributed by atoms with E-state index in [9.17, 15) is 14.4 Å². The van der Waals surface area contributed by atoms with Crippen molar-refractivity contribution in [1.82, 2.24) is 19.9 Å². The standard InChI is InChI=1S/C32H30N6O4/c1-22-4-2-15-33-27(22)21-36-18-13-32(14-19-36)29(41)37(31(42)38(32)30-34-16-3-17-35-30)26-11-9-25(10-12-26)24-7-5-23(6-8-24)20-28(39)40/h2-12,15-17H,13-14,18-21H2,1H3,(H,39,40). The molecule has 0 aliphatic carbocycles. The van der Waals surface area contributed by atoms with Crippen LogP contribution in [0.3, 0.4) is 0 Å². The van der Waals surface area contributed by atoms with Gasteiger partial charge in [0.2, 0.25) is 5.95 Å². The predicted octanol–water partition coefficient (Wildman–Crippen LogP) is 4.48. The van der Waals surface area contributed by atoms with E-state index < -0.39 is 17.5 Å². The van der Waals surface area contributed by atoms with Crippen LogP contribution >= 0.6 is 0 Å². The average molecular weight is 563 g/mol. The zero-order chi connectivity index (χ0) is 29.3. The van der Waals surface area contributed by atoms with Crippen molar-refractivity contribution in [1.29, 1.82) is 0 Å². The van der Waals surface area contributed by atoms with Crippen LogP contribution < -0.4 is 9.80 Å². The summed E-state index contributed by atoms with van der Waals surface area (Å²) in [6.45, 7) is 3.94. The number of pyridine rings is 1. The molecule has 2 saturated heterocycles. The second-order valence-corrected chi connectivity index (χ2v) is 10.7. The molecule has 2 fully saturated rings. The zero-order valence-electron chi connectivity index (χ0n) is 23.2. The molecule has 212 valence electrons. The molecular formula is C32H30N6O4. The highest BCUT2D eigenvalue weighted by atomic mass is 16.4. The third kappa shape index (κ3) is 5.01. The molecule has 2 aromatic carbocycles. The van der Waals surface area contributed by atoms with Crippen LogP contribution in [0.5, 0.6) is 0 Å². The van der Waals surface area contributed by atoms with Gasteiger partial charge in [-0.2, -0.15) is 0 Å². The largest absolute Gasteiger partial charge is 0.481 e. The van der Waals surface area contributed by atoms with E-state index in [1.165, 1.54) is 9.80 Å². The summed E-state index contributed by atoms with van der Waals surface area (Å²) in [4.78, 5) is 57.4. The molecule has 0 unspecified atom stereocenters. The highest BCUT2D eigenvalue weighted by Crippen LogP contribution is 2.41. The third-order valence-electron chi connectivity index (χ3n) is 8.11. The molecule has 2 aromatic heterocycles. The number of carbonyl (C=O) groups excluding carboxylic acids is 2. The molecule has 6 rings (SSSR count). The summed E-state index contributed by atoms with van der Waals surface area (Å²) in [5.41, 5.74) is 4.01. The first-order valence-corrected chi connectivity index (χ1v) is 13.9. The number of carboxylic acids is 1. The lowest BCUT2D eigenvalue weighted by Crippen LogP contribution is -2.57. The molecule has 10 heteroatoms. The van der Waals surface area contributed by atoms with E-state index >= 15 is 0 Å². The fourth-order valence-corrected chi connectivity index (χ4v) is 5.79. The van der Waals surface area contributed by atoms with Crippen molar-refractivity contribution in [2.45, 2.75) is 38.3 Å². The normalized spacial score (nSPS) is 16.8. The van der Waals surface area contributed by atoms with Crippen molar-refractivity contribution >= 4 is 29.5 Å². The van der Waals surface area contributed by atoms with Gasteiger partial charge < -0.3 is 5.11 Å². The van der Waals surface area contributed by atoms with Crippen molar-refractivity contribution in [3.05, 3.63) is 102 Å². The zero-order valence-corrected chi connectivity index (χ0v) is 23.2. The first-order valence-electron chi connectivity index (χ1n) is 13.9. The smallest absolute Gasteiger partial charge is 0.339 e. The number of urea groups is 1. The molecule has 1 N–H and O–H groups in total. The number of carboxylic acid groups (broad SMARTS) is 1. The van der Waals surface area contributed by atoms with Crippen molar-refractivity contribution in [3.8, 4) is 11.1 Å². The number of carbonyl (C=O) groups is 3. The fourth-order valence-electron chi connectivity index (χ4n) is 5.79. The van der Waals surface area contributed by atoms with Crippen molar-refractivity contribution in [2.75, 3.05) is 22.9 Å². The van der Waals surface area contributed by atoms with E-state index in [0.29, 0.717) is 43.7 Å². The first-order chi connectivity index (χ1) is 20.4. The monoisotopic (exact) mass is 562 g/mol. The average Bonchev–Trinajstić information content (AvgIpc) is 3.21. The number of imide groups is 1. The summed E-state index contributed by atoms with van der Waals surface area (Å²) >= 11 is 0. The van der Waals surface area contributed by atoms with Gasteiger partial charge in [0.15, 0.2) is 0 Å². The molecule has 3 amide bonds. The summed E-state index contributed by atoms with van der Waals surface area (Å²) in [5.74, 6) is -0.946. The number of likely N-dealkylation sites (tertiary alicyclic amines) is 1. The molecule has 0 saturated carbocycles. The maximum Gasteiger partial charge on any atom is 0.339 e. The number of aromatic nitrogens is 3. The van der Waals surface area contributed by atoms with Gasteiger partial charge in [-0.05, 0) is 66.3 Å². The molecule has 2 aliphatic rings. The topological polar surface area (TPSA) is 120 Å². The number of amides is 3. The fraction of sp³-hybridized carbons (Fsp3) is 0.250. The lowest BCUT2D eigenvalue weighted by molar-refractivity contribution is -0.136. The van der Waals surface area contributed by atoms with Gasteiger partial charge in [-0.25, -0.2) is 24.6 Å². The summed E-state index contributed by atoms with van der Waals surface area (Å²) in [6, 6.07) is 19.7. The van der Waals surface area contributed by atoms with Crippen LogP contribution in [0, 0.1) is 6.92 Å². The van der Waals surface area contributed by atoms with Gasteiger partial charge >= 0.3 is 12.0 Å². The number of aliphatic carboxylic acids is 1. The van der Waals surface area contributed by atoms with Crippen LogP contribution in [0.2, 0.25) is 0 Å². The van der Waals surface area contributed by atoms with Crippen molar-refractivity contribution in [3.63, 3.8) is 0 Å². The van der Waals surface area contributed by atoms with Crippen LogP contribution in [0.1, 0.15) is 29.7 Å². The van der Waals surface area contributed by atoms with Crippen molar-refractivity contribution in [2.24, 2.45) is 0 Å². The molecule has 10 nitrogen and oxygen atoms in total. The van der Waals surface area contributed by atoms with Gasteiger partial charge in [0.1, 0.15) is 5.54 Å². The molecule has 1 spiro atoms. The van der Waals surface area contributed by atoms with Gasteiger partial charge in [-0.1, -0.05) is 42.5 Å². The van der Waals surface area contributed by atoms with E-state index in [2.05, 4.69) is 19.9 Å². The summed E-state index contributed by atoms with van der Waals surface area (Å²) in [7, 11) is 0. The van der Waals surface area contributed by atoms with E-state index in [0.717, 1.165) is 22.4 Å². The molecular weight excluding hydrogens is 532 g/mol. The second kappa shape index (κ2) is 11.1. The summed E-state index contributed by atoms with van der Waals surface area (Å²) < 4.78 is 0.